The third kappa shape index (κ3) is 3.53. The molecule has 0 spiro atoms. The van der Waals surface area contributed by atoms with Crippen LogP contribution in [0.4, 0.5) is 0 Å². The zero-order valence-electron chi connectivity index (χ0n) is 10.8. The maximum atomic E-state index is 12.0. The number of amides is 1. The first kappa shape index (κ1) is 13.0. The van der Waals surface area contributed by atoms with Crippen LogP contribution in [0.5, 0.6) is 0 Å². The second-order valence-corrected chi connectivity index (χ2v) is 4.88. The molecule has 100 valence electrons. The van der Waals surface area contributed by atoms with Crippen molar-refractivity contribution in [2.24, 2.45) is 5.92 Å². The zero-order valence-corrected chi connectivity index (χ0v) is 10.8. The first-order valence-electron chi connectivity index (χ1n) is 6.62. The van der Waals surface area contributed by atoms with Gasteiger partial charge in [-0.25, -0.2) is 4.98 Å². The third-order valence-corrected chi connectivity index (χ3v) is 3.41. The minimum absolute atomic E-state index is 0.0240. The first-order valence-corrected chi connectivity index (χ1v) is 6.62. The van der Waals surface area contributed by atoms with Crippen molar-refractivity contribution in [3.63, 3.8) is 0 Å². The maximum absolute atomic E-state index is 12.0. The quantitative estimate of drug-likeness (QED) is 0.655. The number of hydrogen-bond donors (Lipinski definition) is 3. The maximum Gasteiger partial charge on any atom is 0.237 e. The molecule has 18 heavy (non-hydrogen) atoms. The van der Waals surface area contributed by atoms with E-state index >= 15 is 0 Å². The van der Waals surface area contributed by atoms with Crippen LogP contribution < -0.4 is 10.6 Å². The van der Waals surface area contributed by atoms with Crippen LogP contribution in [0.1, 0.15) is 32.0 Å². The highest BCUT2D eigenvalue weighted by Gasteiger charge is 2.26. The Bertz CT molecular complexity index is 365. The molecule has 0 aliphatic carbocycles. The van der Waals surface area contributed by atoms with Crippen LogP contribution in [0, 0.1) is 5.92 Å². The van der Waals surface area contributed by atoms with Crippen LogP contribution in [0.15, 0.2) is 6.33 Å². The van der Waals surface area contributed by atoms with Crippen LogP contribution in [-0.4, -0.2) is 40.2 Å². The molecule has 6 nitrogen and oxygen atoms in total. The number of rotatable bonds is 5. The Balaban J connectivity index is 1.65. The van der Waals surface area contributed by atoms with E-state index in [0.29, 0.717) is 12.5 Å². The van der Waals surface area contributed by atoms with Crippen molar-refractivity contribution in [2.75, 3.05) is 13.1 Å². The highest BCUT2D eigenvalue weighted by molar-refractivity contribution is 5.82. The topological polar surface area (TPSA) is 82.7 Å². The number of piperidine rings is 1. The van der Waals surface area contributed by atoms with Crippen LogP contribution >= 0.6 is 0 Å². The predicted molar refractivity (Wildman–Crippen MR) is 67.9 cm³/mol. The van der Waals surface area contributed by atoms with Gasteiger partial charge in [0, 0.05) is 13.0 Å². The minimum Gasteiger partial charge on any atom is -0.355 e. The van der Waals surface area contributed by atoms with Gasteiger partial charge in [-0.05, 0) is 31.7 Å². The van der Waals surface area contributed by atoms with Gasteiger partial charge in [-0.3, -0.25) is 9.89 Å². The molecule has 1 amide bonds. The van der Waals surface area contributed by atoms with E-state index < -0.39 is 0 Å². The van der Waals surface area contributed by atoms with Gasteiger partial charge in [0.25, 0.3) is 0 Å². The molecule has 0 bridgehead atoms. The summed E-state index contributed by atoms with van der Waals surface area (Å²) in [6.07, 6.45) is 5.48. The Morgan fingerprint density at radius 3 is 3.22 bits per heavy atom. The summed E-state index contributed by atoms with van der Waals surface area (Å²) in [5, 5.41) is 12.9. The Kier molecular flexibility index (Phi) is 4.69. The fraction of sp³-hybridized carbons (Fsp3) is 0.750. The van der Waals surface area contributed by atoms with Crippen molar-refractivity contribution in [1.29, 1.82) is 0 Å². The normalized spacial score (nSPS) is 23.8. The van der Waals surface area contributed by atoms with Gasteiger partial charge in [-0.15, -0.1) is 0 Å². The first-order chi connectivity index (χ1) is 8.77. The molecule has 0 radical (unpaired) electrons. The molecule has 3 N–H and O–H groups in total. The third-order valence-electron chi connectivity index (χ3n) is 3.41. The summed E-state index contributed by atoms with van der Waals surface area (Å²) in [6.45, 7) is 3.76. The van der Waals surface area contributed by atoms with Gasteiger partial charge in [-0.1, -0.05) is 6.92 Å². The van der Waals surface area contributed by atoms with Crippen molar-refractivity contribution in [2.45, 2.75) is 38.6 Å². The molecule has 1 aliphatic rings. The molecule has 1 saturated heterocycles. The summed E-state index contributed by atoms with van der Waals surface area (Å²) in [7, 11) is 0. The van der Waals surface area contributed by atoms with Gasteiger partial charge in [0.05, 0.1) is 6.04 Å². The van der Waals surface area contributed by atoms with Gasteiger partial charge in [0.2, 0.25) is 5.91 Å². The number of aromatic nitrogens is 3. The van der Waals surface area contributed by atoms with E-state index in [0.717, 1.165) is 38.1 Å². The van der Waals surface area contributed by atoms with Crippen LogP contribution in [0.3, 0.4) is 0 Å². The largest absolute Gasteiger partial charge is 0.355 e. The van der Waals surface area contributed by atoms with Crippen molar-refractivity contribution in [3.05, 3.63) is 12.2 Å². The van der Waals surface area contributed by atoms with E-state index in [-0.39, 0.29) is 11.9 Å². The summed E-state index contributed by atoms with van der Waals surface area (Å²) in [4.78, 5) is 16.0. The highest BCUT2D eigenvalue weighted by Crippen LogP contribution is 2.15. The van der Waals surface area contributed by atoms with E-state index in [1.54, 1.807) is 0 Å². The molecule has 2 atom stereocenters. The number of carbonyl (C=O) groups is 1. The Morgan fingerprint density at radius 1 is 1.61 bits per heavy atom. The molecular weight excluding hydrogens is 230 g/mol. The number of aromatic amines is 1. The van der Waals surface area contributed by atoms with E-state index in [1.165, 1.54) is 6.33 Å². The van der Waals surface area contributed by atoms with Crippen LogP contribution in [-0.2, 0) is 11.2 Å². The number of nitrogens with zero attached hydrogens (tertiary/aromatic N) is 2. The summed E-state index contributed by atoms with van der Waals surface area (Å²) in [5.41, 5.74) is 0. The molecule has 1 aromatic heterocycles. The van der Waals surface area contributed by atoms with Crippen LogP contribution in [0.2, 0.25) is 0 Å². The Labute approximate surface area is 107 Å². The molecule has 1 aliphatic heterocycles. The molecule has 1 aromatic rings. The fourth-order valence-electron chi connectivity index (χ4n) is 2.33. The lowest BCUT2D eigenvalue weighted by Gasteiger charge is -2.28. The van der Waals surface area contributed by atoms with E-state index in [4.69, 9.17) is 0 Å². The standard InChI is InChI=1S/C12H21N5O/c1-9-4-2-6-13-11(9)12(18)14-7-3-5-10-15-8-16-17-10/h8-9,11,13H,2-7H2,1H3,(H,14,18)(H,15,16,17). The van der Waals surface area contributed by atoms with Gasteiger partial charge in [0.1, 0.15) is 12.2 Å². The Morgan fingerprint density at radius 2 is 2.50 bits per heavy atom. The summed E-state index contributed by atoms with van der Waals surface area (Å²) in [5.74, 6) is 1.42. The number of nitrogens with one attached hydrogen (secondary N) is 3. The molecule has 6 heteroatoms. The summed E-state index contributed by atoms with van der Waals surface area (Å²) < 4.78 is 0. The van der Waals surface area contributed by atoms with E-state index in [2.05, 4.69) is 32.7 Å². The van der Waals surface area contributed by atoms with Crippen molar-refractivity contribution < 1.29 is 4.79 Å². The smallest absolute Gasteiger partial charge is 0.237 e. The second kappa shape index (κ2) is 6.49. The predicted octanol–water partition coefficient (Wildman–Crippen LogP) is 0.242. The molecular formula is C12H21N5O. The average molecular weight is 251 g/mol. The summed E-state index contributed by atoms with van der Waals surface area (Å²) >= 11 is 0. The lowest BCUT2D eigenvalue weighted by atomic mass is 9.92. The van der Waals surface area contributed by atoms with E-state index in [1.807, 2.05) is 0 Å². The van der Waals surface area contributed by atoms with Gasteiger partial charge >= 0.3 is 0 Å². The van der Waals surface area contributed by atoms with Crippen molar-refractivity contribution in [3.8, 4) is 0 Å². The van der Waals surface area contributed by atoms with E-state index in [9.17, 15) is 4.79 Å². The lowest BCUT2D eigenvalue weighted by molar-refractivity contribution is -0.124. The molecule has 2 unspecified atom stereocenters. The number of hydrogen-bond acceptors (Lipinski definition) is 4. The fourth-order valence-corrected chi connectivity index (χ4v) is 2.33. The number of aryl methyl sites for hydroxylation is 1. The number of carbonyl (C=O) groups excluding carboxylic acids is 1. The van der Waals surface area contributed by atoms with Crippen molar-refractivity contribution in [1.82, 2.24) is 25.8 Å². The van der Waals surface area contributed by atoms with Gasteiger partial charge in [0.15, 0.2) is 0 Å². The second-order valence-electron chi connectivity index (χ2n) is 4.88. The average Bonchev–Trinajstić information content (AvgIpc) is 2.88. The van der Waals surface area contributed by atoms with Gasteiger partial charge < -0.3 is 10.6 Å². The zero-order chi connectivity index (χ0) is 12.8. The monoisotopic (exact) mass is 251 g/mol. The minimum atomic E-state index is -0.0240. The van der Waals surface area contributed by atoms with Crippen LogP contribution in [0.25, 0.3) is 0 Å². The molecule has 2 heterocycles. The molecule has 0 aromatic carbocycles. The highest BCUT2D eigenvalue weighted by atomic mass is 16.2. The van der Waals surface area contributed by atoms with Gasteiger partial charge in [-0.2, -0.15) is 5.10 Å². The molecule has 1 fully saturated rings. The molecule has 0 saturated carbocycles. The summed E-state index contributed by atoms with van der Waals surface area (Å²) in [6, 6.07) is -0.0240. The lowest BCUT2D eigenvalue weighted by Crippen LogP contribution is -2.51. The number of H-pyrrole nitrogens is 1. The SMILES string of the molecule is CC1CCCNC1C(=O)NCCCc1ncn[nH]1. The Hall–Kier alpha value is -1.43. The van der Waals surface area contributed by atoms with Crippen molar-refractivity contribution >= 4 is 5.91 Å². The molecule has 2 rings (SSSR count).